The first-order valence-corrected chi connectivity index (χ1v) is 8.91. The molecule has 0 radical (unpaired) electrons. The van der Waals surface area contributed by atoms with Crippen LogP contribution in [0.25, 0.3) is 0 Å². The molecule has 1 unspecified atom stereocenters. The third-order valence-corrected chi connectivity index (χ3v) is 6.44. The highest BCUT2D eigenvalue weighted by Crippen LogP contribution is 2.42. The van der Waals surface area contributed by atoms with E-state index < -0.39 is 0 Å². The molecule has 0 spiro atoms. The van der Waals surface area contributed by atoms with Crippen molar-refractivity contribution < 1.29 is 0 Å². The van der Waals surface area contributed by atoms with E-state index in [0.29, 0.717) is 4.83 Å². The summed E-state index contributed by atoms with van der Waals surface area (Å²) >= 11 is 4.00. The summed E-state index contributed by atoms with van der Waals surface area (Å²) in [5, 5.41) is 0. The first-order valence-electron chi connectivity index (χ1n) is 8.00. The van der Waals surface area contributed by atoms with Gasteiger partial charge in [0.15, 0.2) is 0 Å². The second-order valence-corrected chi connectivity index (χ2v) is 7.64. The van der Waals surface area contributed by atoms with Gasteiger partial charge in [0, 0.05) is 4.83 Å². The molecule has 0 N–H and O–H groups in total. The van der Waals surface area contributed by atoms with Gasteiger partial charge < -0.3 is 0 Å². The Morgan fingerprint density at radius 3 is 2.42 bits per heavy atom. The van der Waals surface area contributed by atoms with E-state index in [1.165, 1.54) is 56.9 Å². The van der Waals surface area contributed by atoms with E-state index in [2.05, 4.69) is 41.1 Å². The van der Waals surface area contributed by atoms with Crippen molar-refractivity contribution in [3.05, 3.63) is 34.9 Å². The van der Waals surface area contributed by atoms with Gasteiger partial charge in [-0.3, -0.25) is 0 Å². The third-order valence-electron chi connectivity index (χ3n) is 5.17. The lowest BCUT2D eigenvalue weighted by molar-refractivity contribution is 0.287. The predicted molar refractivity (Wildman–Crippen MR) is 85.9 cm³/mol. The molecule has 1 atom stereocenters. The van der Waals surface area contributed by atoms with Gasteiger partial charge in [-0.1, -0.05) is 53.9 Å². The lowest BCUT2D eigenvalue weighted by atomic mass is 9.79. The molecule has 0 nitrogen and oxygen atoms in total. The van der Waals surface area contributed by atoms with Crippen molar-refractivity contribution in [1.82, 2.24) is 0 Å². The topological polar surface area (TPSA) is 0 Å². The molecule has 1 fully saturated rings. The van der Waals surface area contributed by atoms with E-state index in [9.17, 15) is 0 Å². The molecule has 1 heteroatoms. The van der Waals surface area contributed by atoms with Crippen molar-refractivity contribution in [3.63, 3.8) is 0 Å². The first-order chi connectivity index (χ1) is 9.24. The van der Waals surface area contributed by atoms with Gasteiger partial charge in [0.1, 0.15) is 0 Å². The van der Waals surface area contributed by atoms with E-state index in [4.69, 9.17) is 0 Å². The average molecular weight is 321 g/mol. The molecular weight excluding hydrogens is 296 g/mol. The Labute approximate surface area is 126 Å². The maximum Gasteiger partial charge on any atom is 0.0423 e. The minimum atomic E-state index is 0.576. The molecule has 0 heterocycles. The van der Waals surface area contributed by atoms with Crippen molar-refractivity contribution in [1.29, 1.82) is 0 Å². The smallest absolute Gasteiger partial charge is 0.0423 e. The molecule has 19 heavy (non-hydrogen) atoms. The molecule has 0 aliphatic heterocycles. The summed E-state index contributed by atoms with van der Waals surface area (Å²) < 4.78 is 0. The predicted octanol–water partition coefficient (Wildman–Crippen LogP) is 5.83. The number of hydrogen-bond donors (Lipinski definition) is 0. The fourth-order valence-corrected chi connectivity index (χ4v) is 4.59. The van der Waals surface area contributed by atoms with Gasteiger partial charge in [-0.05, 0) is 67.1 Å². The zero-order chi connectivity index (χ0) is 13.2. The minimum Gasteiger partial charge on any atom is -0.0836 e. The molecule has 3 rings (SSSR count). The van der Waals surface area contributed by atoms with E-state index in [-0.39, 0.29) is 0 Å². The number of fused-ring (bicyclic) bond motifs is 1. The number of benzene rings is 1. The molecule has 0 saturated heterocycles. The average Bonchev–Trinajstić information content (AvgIpc) is 2.47. The standard InChI is InChI=1S/C18H25Br/c1-13-6-8-15(9-7-13)18(19)17-11-10-14-4-2-3-5-16(14)12-17/h10-13,15,18H,2-9H2,1H3. The molecule has 1 aromatic rings. The van der Waals surface area contributed by atoms with Crippen LogP contribution in [0.3, 0.4) is 0 Å². The Morgan fingerprint density at radius 1 is 1.00 bits per heavy atom. The summed E-state index contributed by atoms with van der Waals surface area (Å²) in [6.07, 6.45) is 11.0. The number of alkyl halides is 1. The Kier molecular flexibility index (Phi) is 4.31. The molecule has 1 saturated carbocycles. The van der Waals surface area contributed by atoms with Crippen LogP contribution in [-0.2, 0) is 12.8 Å². The van der Waals surface area contributed by atoms with Crippen molar-refractivity contribution in [2.24, 2.45) is 11.8 Å². The molecule has 0 amide bonds. The Bertz CT molecular complexity index is 429. The normalized spacial score (nSPS) is 28.7. The van der Waals surface area contributed by atoms with Crippen LogP contribution in [-0.4, -0.2) is 0 Å². The van der Waals surface area contributed by atoms with Crippen molar-refractivity contribution in [2.75, 3.05) is 0 Å². The molecule has 2 aliphatic rings. The van der Waals surface area contributed by atoms with Crippen LogP contribution in [0.15, 0.2) is 18.2 Å². The zero-order valence-corrected chi connectivity index (χ0v) is 13.6. The molecular formula is C18H25Br. The van der Waals surface area contributed by atoms with Crippen LogP contribution in [0.4, 0.5) is 0 Å². The summed E-state index contributed by atoms with van der Waals surface area (Å²) in [4.78, 5) is 0.576. The van der Waals surface area contributed by atoms with Gasteiger partial charge in [0.25, 0.3) is 0 Å². The lowest BCUT2D eigenvalue weighted by Crippen LogP contribution is -2.16. The van der Waals surface area contributed by atoms with Crippen LogP contribution in [0.2, 0.25) is 0 Å². The second-order valence-electron chi connectivity index (χ2n) is 6.66. The number of rotatable bonds is 2. The van der Waals surface area contributed by atoms with Crippen molar-refractivity contribution in [3.8, 4) is 0 Å². The summed E-state index contributed by atoms with van der Waals surface area (Å²) in [5.41, 5.74) is 4.75. The molecule has 1 aromatic carbocycles. The molecule has 0 bridgehead atoms. The van der Waals surface area contributed by atoms with Gasteiger partial charge in [-0.25, -0.2) is 0 Å². The number of hydrogen-bond acceptors (Lipinski definition) is 0. The highest BCUT2D eigenvalue weighted by Gasteiger charge is 2.26. The van der Waals surface area contributed by atoms with Gasteiger partial charge in [0.05, 0.1) is 0 Å². The van der Waals surface area contributed by atoms with Gasteiger partial charge in [0.2, 0.25) is 0 Å². The van der Waals surface area contributed by atoms with Crippen LogP contribution in [0.1, 0.15) is 67.0 Å². The Morgan fingerprint density at radius 2 is 1.68 bits per heavy atom. The SMILES string of the molecule is CC1CCC(C(Br)c2ccc3c(c2)CCCC3)CC1. The highest BCUT2D eigenvalue weighted by atomic mass is 79.9. The second kappa shape index (κ2) is 5.99. The highest BCUT2D eigenvalue weighted by molar-refractivity contribution is 9.09. The maximum absolute atomic E-state index is 4.00. The van der Waals surface area contributed by atoms with Crippen LogP contribution in [0.5, 0.6) is 0 Å². The minimum absolute atomic E-state index is 0.576. The van der Waals surface area contributed by atoms with E-state index >= 15 is 0 Å². The zero-order valence-electron chi connectivity index (χ0n) is 12.0. The molecule has 2 aliphatic carbocycles. The first kappa shape index (κ1) is 13.7. The maximum atomic E-state index is 4.00. The van der Waals surface area contributed by atoms with E-state index in [1.807, 2.05) is 0 Å². The molecule has 104 valence electrons. The van der Waals surface area contributed by atoms with Crippen LogP contribution >= 0.6 is 15.9 Å². The fraction of sp³-hybridized carbons (Fsp3) is 0.667. The quantitative estimate of drug-likeness (QED) is 0.601. The Balaban J connectivity index is 1.74. The lowest BCUT2D eigenvalue weighted by Gasteiger charge is -2.30. The van der Waals surface area contributed by atoms with Gasteiger partial charge >= 0.3 is 0 Å². The van der Waals surface area contributed by atoms with E-state index in [1.54, 1.807) is 11.1 Å². The van der Waals surface area contributed by atoms with Crippen molar-refractivity contribution >= 4 is 15.9 Å². The summed E-state index contributed by atoms with van der Waals surface area (Å²) in [6.45, 7) is 2.40. The number of aryl methyl sites for hydroxylation is 2. The number of halogens is 1. The third kappa shape index (κ3) is 3.07. The van der Waals surface area contributed by atoms with Crippen LogP contribution in [0, 0.1) is 11.8 Å². The van der Waals surface area contributed by atoms with Crippen molar-refractivity contribution in [2.45, 2.75) is 63.1 Å². The largest absolute Gasteiger partial charge is 0.0836 e. The summed E-state index contributed by atoms with van der Waals surface area (Å²) in [6, 6.07) is 7.26. The van der Waals surface area contributed by atoms with Gasteiger partial charge in [-0.15, -0.1) is 0 Å². The fourth-order valence-electron chi connectivity index (χ4n) is 3.78. The molecule has 0 aromatic heterocycles. The van der Waals surface area contributed by atoms with Gasteiger partial charge in [-0.2, -0.15) is 0 Å². The monoisotopic (exact) mass is 320 g/mol. The van der Waals surface area contributed by atoms with E-state index in [0.717, 1.165) is 11.8 Å². The Hall–Kier alpha value is -0.300. The summed E-state index contributed by atoms with van der Waals surface area (Å²) in [7, 11) is 0. The van der Waals surface area contributed by atoms with Crippen LogP contribution < -0.4 is 0 Å². The summed E-state index contributed by atoms with van der Waals surface area (Å²) in [5.74, 6) is 1.79.